The van der Waals surface area contributed by atoms with Crippen LogP contribution in [0.4, 0.5) is 16.2 Å². The van der Waals surface area contributed by atoms with Gasteiger partial charge in [-0.15, -0.1) is 0 Å². The number of urea groups is 1. The molecule has 2 aliphatic rings. The highest BCUT2D eigenvalue weighted by Gasteiger charge is 2.31. The molecule has 1 fully saturated rings. The number of anilines is 2. The van der Waals surface area contributed by atoms with Gasteiger partial charge in [-0.3, -0.25) is 5.10 Å². The van der Waals surface area contributed by atoms with Crippen LogP contribution in [-0.4, -0.2) is 23.0 Å². The molecule has 1 saturated carbocycles. The van der Waals surface area contributed by atoms with Gasteiger partial charge in [-0.05, 0) is 54.7 Å². The smallest absolute Gasteiger partial charge is 0.323 e. The number of rotatable bonds is 5. The fraction of sp³-hybridized carbons (Fsp3) is 0.304. The molecule has 0 spiro atoms. The number of aromatic nitrogens is 2. The van der Waals surface area contributed by atoms with Crippen LogP contribution >= 0.6 is 0 Å². The topological polar surface area (TPSA) is 88.3 Å². The number of carbonyl (C=O) groups excluding carboxylic acids is 1. The van der Waals surface area contributed by atoms with E-state index in [2.05, 4.69) is 34.7 Å². The normalized spacial score (nSPS) is 14.8. The number of aromatic amines is 1. The third-order valence-electron chi connectivity index (χ3n) is 5.50. The Labute approximate surface area is 174 Å². The lowest BCUT2D eigenvalue weighted by Crippen LogP contribution is -2.20. The highest BCUT2D eigenvalue weighted by atomic mass is 16.7. The first-order chi connectivity index (χ1) is 14.6. The van der Waals surface area contributed by atoms with Crippen LogP contribution in [0.25, 0.3) is 11.3 Å². The van der Waals surface area contributed by atoms with Gasteiger partial charge in [0, 0.05) is 17.2 Å². The van der Waals surface area contributed by atoms with Crippen LogP contribution in [0.5, 0.6) is 11.5 Å². The Balaban J connectivity index is 1.39. The third-order valence-corrected chi connectivity index (χ3v) is 5.50. The lowest BCUT2D eigenvalue weighted by molar-refractivity contribution is 0.174. The molecule has 1 aliphatic carbocycles. The third kappa shape index (κ3) is 3.58. The summed E-state index contributed by atoms with van der Waals surface area (Å²) in [6.45, 7) is 4.51. The number of amides is 2. The average molecular weight is 404 g/mol. The van der Waals surface area contributed by atoms with Gasteiger partial charge in [0.15, 0.2) is 11.5 Å². The van der Waals surface area contributed by atoms with Gasteiger partial charge in [0.2, 0.25) is 6.79 Å². The second-order valence-corrected chi connectivity index (χ2v) is 8.06. The van der Waals surface area contributed by atoms with Crippen molar-refractivity contribution in [2.24, 2.45) is 0 Å². The minimum atomic E-state index is -0.294. The zero-order valence-corrected chi connectivity index (χ0v) is 17.0. The van der Waals surface area contributed by atoms with Crippen molar-refractivity contribution in [2.45, 2.75) is 38.5 Å². The number of H-pyrrole nitrogens is 1. The number of fused-ring (bicyclic) bond motifs is 1. The van der Waals surface area contributed by atoms with E-state index in [9.17, 15) is 4.79 Å². The first-order valence-corrected chi connectivity index (χ1v) is 10.2. The van der Waals surface area contributed by atoms with E-state index >= 15 is 0 Å². The van der Waals surface area contributed by atoms with Crippen LogP contribution in [0.1, 0.15) is 49.8 Å². The average Bonchev–Trinajstić information content (AvgIpc) is 3.32. The number of benzene rings is 2. The number of carbonyl (C=O) groups is 1. The van der Waals surface area contributed by atoms with Crippen LogP contribution in [0.15, 0.2) is 42.5 Å². The number of hydrogen-bond donors (Lipinski definition) is 3. The lowest BCUT2D eigenvalue weighted by Gasteiger charge is -2.11. The second-order valence-electron chi connectivity index (χ2n) is 8.06. The van der Waals surface area contributed by atoms with Crippen LogP contribution in [0.3, 0.4) is 0 Å². The maximum absolute atomic E-state index is 12.8. The van der Waals surface area contributed by atoms with E-state index in [1.807, 2.05) is 42.5 Å². The van der Waals surface area contributed by atoms with Gasteiger partial charge >= 0.3 is 6.03 Å². The van der Waals surface area contributed by atoms with E-state index in [-0.39, 0.29) is 12.8 Å². The van der Waals surface area contributed by atoms with Gasteiger partial charge in [-0.1, -0.05) is 26.0 Å². The van der Waals surface area contributed by atoms with E-state index in [1.165, 1.54) is 5.56 Å². The Morgan fingerprint density at radius 1 is 1.07 bits per heavy atom. The van der Waals surface area contributed by atoms with E-state index < -0.39 is 0 Å². The molecule has 0 unspecified atom stereocenters. The van der Waals surface area contributed by atoms with Gasteiger partial charge in [0.1, 0.15) is 5.69 Å². The van der Waals surface area contributed by atoms with Crippen molar-refractivity contribution in [1.82, 2.24) is 10.2 Å². The molecular weight excluding hydrogens is 380 g/mol. The fourth-order valence-corrected chi connectivity index (χ4v) is 3.63. The monoisotopic (exact) mass is 404 g/mol. The van der Waals surface area contributed by atoms with Gasteiger partial charge in [0.25, 0.3) is 0 Å². The summed E-state index contributed by atoms with van der Waals surface area (Å²) in [7, 11) is 0. The highest BCUT2D eigenvalue weighted by molar-refractivity contribution is 6.02. The molecule has 0 saturated heterocycles. The van der Waals surface area contributed by atoms with Crippen LogP contribution in [0, 0.1) is 0 Å². The first kappa shape index (κ1) is 18.5. The largest absolute Gasteiger partial charge is 0.454 e. The molecule has 1 aromatic heterocycles. The molecule has 2 aromatic carbocycles. The van der Waals surface area contributed by atoms with Crippen molar-refractivity contribution in [3.8, 4) is 22.8 Å². The molecule has 3 N–H and O–H groups in total. The molecule has 30 heavy (non-hydrogen) atoms. The quantitative estimate of drug-likeness (QED) is 0.528. The number of nitrogens with zero attached hydrogens (tertiary/aromatic N) is 1. The molecule has 5 rings (SSSR count). The van der Waals surface area contributed by atoms with Crippen molar-refractivity contribution in [2.75, 3.05) is 17.4 Å². The zero-order valence-electron chi connectivity index (χ0n) is 17.0. The molecule has 0 bridgehead atoms. The van der Waals surface area contributed by atoms with Gasteiger partial charge in [0.05, 0.1) is 11.4 Å². The lowest BCUT2D eigenvalue weighted by atomic mass is 10.0. The van der Waals surface area contributed by atoms with Crippen LogP contribution in [0.2, 0.25) is 0 Å². The number of ether oxygens (including phenoxy) is 2. The molecule has 7 nitrogen and oxygen atoms in total. The Hall–Kier alpha value is -3.48. The molecule has 0 radical (unpaired) electrons. The molecule has 2 amide bonds. The summed E-state index contributed by atoms with van der Waals surface area (Å²) >= 11 is 0. The maximum Gasteiger partial charge on any atom is 0.323 e. The summed E-state index contributed by atoms with van der Waals surface area (Å²) in [5, 5.41) is 13.6. The van der Waals surface area contributed by atoms with Crippen molar-refractivity contribution < 1.29 is 14.3 Å². The van der Waals surface area contributed by atoms with Crippen LogP contribution in [-0.2, 0) is 0 Å². The minimum absolute atomic E-state index is 0.218. The highest BCUT2D eigenvalue weighted by Crippen LogP contribution is 2.46. The SMILES string of the molecule is CC(C)c1ccc(NC(=O)Nc2c(-c3ccc4c(c3)OCO4)n[nH]c2C2CC2)cc1. The van der Waals surface area contributed by atoms with E-state index in [1.54, 1.807) is 0 Å². The Morgan fingerprint density at radius 2 is 1.83 bits per heavy atom. The summed E-state index contributed by atoms with van der Waals surface area (Å²) < 4.78 is 10.9. The number of nitrogens with one attached hydrogen (secondary N) is 3. The van der Waals surface area contributed by atoms with E-state index in [4.69, 9.17) is 9.47 Å². The Bertz CT molecular complexity index is 1080. The molecule has 7 heteroatoms. The summed E-state index contributed by atoms with van der Waals surface area (Å²) in [5.74, 6) is 2.25. The van der Waals surface area contributed by atoms with Crippen molar-refractivity contribution >= 4 is 17.4 Å². The minimum Gasteiger partial charge on any atom is -0.454 e. The summed E-state index contributed by atoms with van der Waals surface area (Å²) in [6.07, 6.45) is 2.19. The van der Waals surface area contributed by atoms with Gasteiger partial charge in [-0.25, -0.2) is 4.79 Å². The molecule has 2 heterocycles. The van der Waals surface area contributed by atoms with Gasteiger partial charge < -0.3 is 20.1 Å². The zero-order chi connectivity index (χ0) is 20.7. The summed E-state index contributed by atoms with van der Waals surface area (Å²) in [6, 6.07) is 13.3. The molecule has 154 valence electrons. The van der Waals surface area contributed by atoms with Crippen LogP contribution < -0.4 is 20.1 Å². The summed E-state index contributed by atoms with van der Waals surface area (Å²) in [4.78, 5) is 12.8. The molecule has 3 aromatic rings. The molecule has 0 atom stereocenters. The summed E-state index contributed by atoms with van der Waals surface area (Å²) in [5.41, 5.74) is 5.22. The second kappa shape index (κ2) is 7.40. The molecular formula is C23H24N4O3. The van der Waals surface area contributed by atoms with Crippen molar-refractivity contribution in [1.29, 1.82) is 0 Å². The van der Waals surface area contributed by atoms with Gasteiger partial charge in [-0.2, -0.15) is 5.10 Å². The standard InChI is InChI=1S/C23H24N4O3/c1-13(2)14-5-8-17(9-6-14)24-23(28)25-22-20(15-3-4-15)26-27-21(22)16-7-10-18-19(11-16)30-12-29-18/h5-11,13,15H,3-4,12H2,1-2H3,(H,26,27)(H2,24,25,28). The Morgan fingerprint density at radius 3 is 2.57 bits per heavy atom. The van der Waals surface area contributed by atoms with Crippen molar-refractivity contribution in [3.05, 3.63) is 53.7 Å². The van der Waals surface area contributed by atoms with Crippen molar-refractivity contribution in [3.63, 3.8) is 0 Å². The Kier molecular flexibility index (Phi) is 4.58. The molecule has 1 aliphatic heterocycles. The number of hydrogen-bond acceptors (Lipinski definition) is 4. The predicted molar refractivity (Wildman–Crippen MR) is 115 cm³/mol. The van der Waals surface area contributed by atoms with E-state index in [0.717, 1.165) is 29.8 Å². The van der Waals surface area contributed by atoms with E-state index in [0.29, 0.717) is 34.7 Å². The fourth-order valence-electron chi connectivity index (χ4n) is 3.63. The first-order valence-electron chi connectivity index (χ1n) is 10.2. The maximum atomic E-state index is 12.8. The predicted octanol–water partition coefficient (Wildman–Crippen LogP) is 5.45.